The van der Waals surface area contributed by atoms with Gasteiger partial charge < -0.3 is 14.5 Å². The van der Waals surface area contributed by atoms with Gasteiger partial charge in [0, 0.05) is 34.3 Å². The first kappa shape index (κ1) is 20.6. The molecule has 5 heterocycles. The summed E-state index contributed by atoms with van der Waals surface area (Å²) >= 11 is 0. The summed E-state index contributed by atoms with van der Waals surface area (Å²) in [7, 11) is 0. The summed E-state index contributed by atoms with van der Waals surface area (Å²) in [5.74, 6) is 0.231. The van der Waals surface area contributed by atoms with E-state index >= 15 is 0 Å². The number of ether oxygens (including phenoxy) is 2. The highest BCUT2D eigenvalue weighted by Gasteiger charge is 2.19. The largest absolute Gasteiger partial charge is 0.486 e. The molecule has 1 aromatic carbocycles. The molecular weight excluding hydrogens is 433 g/mol. The third-order valence-corrected chi connectivity index (χ3v) is 6.16. The van der Waals surface area contributed by atoms with Crippen molar-refractivity contribution >= 4 is 27.5 Å². The highest BCUT2D eigenvalue weighted by molar-refractivity contribution is 5.93. The number of fused-ring (bicyclic) bond motifs is 2. The van der Waals surface area contributed by atoms with Crippen molar-refractivity contribution in [2.24, 2.45) is 0 Å². The number of aromatic amines is 2. The predicted octanol–water partition coefficient (Wildman–Crippen LogP) is 5.58. The third-order valence-electron chi connectivity index (χ3n) is 6.16. The number of hydrogen-bond donors (Lipinski definition) is 2. The van der Waals surface area contributed by atoms with E-state index in [1.807, 2.05) is 49.5 Å². The van der Waals surface area contributed by atoms with Crippen molar-refractivity contribution in [1.82, 2.24) is 25.1 Å². The second kappa shape index (κ2) is 8.39. The molecule has 0 saturated heterocycles. The van der Waals surface area contributed by atoms with E-state index in [4.69, 9.17) is 9.47 Å². The van der Waals surface area contributed by atoms with Crippen molar-refractivity contribution < 1.29 is 13.9 Å². The smallest absolute Gasteiger partial charge is 0.149 e. The Morgan fingerprint density at radius 2 is 2.03 bits per heavy atom. The highest BCUT2D eigenvalue weighted by Crippen LogP contribution is 2.33. The molecule has 1 aliphatic rings. The number of pyridine rings is 2. The van der Waals surface area contributed by atoms with Gasteiger partial charge in [-0.2, -0.15) is 5.10 Å². The third kappa shape index (κ3) is 3.62. The van der Waals surface area contributed by atoms with Crippen LogP contribution in [-0.4, -0.2) is 38.4 Å². The molecule has 4 aromatic heterocycles. The Hall–Kier alpha value is -4.04. The predicted molar refractivity (Wildman–Crippen MR) is 128 cm³/mol. The van der Waals surface area contributed by atoms with Crippen molar-refractivity contribution in [2.45, 2.75) is 19.4 Å². The number of benzene rings is 1. The van der Waals surface area contributed by atoms with E-state index in [0.717, 1.165) is 40.9 Å². The number of H-pyrrole nitrogens is 2. The normalized spacial score (nSPS) is 14.9. The second-order valence-electron chi connectivity index (χ2n) is 8.29. The topological polar surface area (TPSA) is 88.7 Å². The minimum Gasteiger partial charge on any atom is -0.486 e. The molecule has 0 amide bonds. The molecule has 5 aromatic rings. The van der Waals surface area contributed by atoms with Crippen molar-refractivity contribution in [3.05, 3.63) is 78.1 Å². The van der Waals surface area contributed by atoms with Gasteiger partial charge in [-0.1, -0.05) is 6.08 Å². The summed E-state index contributed by atoms with van der Waals surface area (Å²) in [4.78, 5) is 11.8. The van der Waals surface area contributed by atoms with Crippen LogP contribution in [0.1, 0.15) is 30.7 Å². The van der Waals surface area contributed by atoms with Crippen molar-refractivity contribution in [2.75, 3.05) is 13.2 Å². The standard InChI is InChI=1S/C26H22FN5O2/c1-15(24-19-6-9-28-26(19)30-14-21(24)27)34-18-3-5-23-20(12-18)25(32-31-23)17-2-4-22(29-13-17)16-7-10-33-11-8-16/h2-7,9,12-15H,8,10-11H2,1H3,(H,28,30)(H,31,32)/t15-/m0/s1. The Labute approximate surface area is 194 Å². The Bertz CT molecular complexity index is 1520. The fraction of sp³-hybridized carbons (Fsp3) is 0.192. The minimum atomic E-state index is -0.511. The van der Waals surface area contributed by atoms with Gasteiger partial charge >= 0.3 is 0 Å². The van der Waals surface area contributed by atoms with Gasteiger partial charge in [0.2, 0.25) is 0 Å². The Morgan fingerprint density at radius 3 is 2.85 bits per heavy atom. The van der Waals surface area contributed by atoms with E-state index in [9.17, 15) is 4.39 Å². The van der Waals surface area contributed by atoms with Crippen LogP contribution in [0.25, 0.3) is 38.8 Å². The summed E-state index contributed by atoms with van der Waals surface area (Å²) < 4.78 is 26.2. The molecule has 0 fully saturated rings. The lowest BCUT2D eigenvalue weighted by molar-refractivity contribution is 0.161. The zero-order valence-electron chi connectivity index (χ0n) is 18.5. The Kier molecular flexibility index (Phi) is 5.07. The van der Waals surface area contributed by atoms with Crippen LogP contribution in [0.5, 0.6) is 5.75 Å². The SMILES string of the molecule is C[C@H](Oc1ccc2[nH]nc(-c3ccc(C4=CCOCC4)nc3)c2c1)c1c(F)cnc2[nH]ccc12. The highest BCUT2D eigenvalue weighted by atomic mass is 19.1. The molecule has 0 radical (unpaired) electrons. The lowest BCUT2D eigenvalue weighted by atomic mass is 10.0. The molecule has 1 atom stereocenters. The monoisotopic (exact) mass is 455 g/mol. The van der Waals surface area contributed by atoms with Gasteiger partial charge in [0.25, 0.3) is 0 Å². The summed E-state index contributed by atoms with van der Waals surface area (Å²) in [6.07, 6.45) is 7.24. The summed E-state index contributed by atoms with van der Waals surface area (Å²) in [6.45, 7) is 3.18. The number of nitrogens with one attached hydrogen (secondary N) is 2. The Balaban J connectivity index is 1.31. The van der Waals surface area contributed by atoms with Crippen LogP contribution < -0.4 is 4.74 Å². The molecular formula is C26H22FN5O2. The quantitative estimate of drug-likeness (QED) is 0.361. The van der Waals surface area contributed by atoms with E-state index in [0.29, 0.717) is 29.0 Å². The fourth-order valence-electron chi connectivity index (χ4n) is 4.45. The van der Waals surface area contributed by atoms with E-state index in [2.05, 4.69) is 31.2 Å². The molecule has 1 aliphatic heterocycles. The van der Waals surface area contributed by atoms with E-state index < -0.39 is 11.9 Å². The fourth-order valence-corrected chi connectivity index (χ4v) is 4.45. The van der Waals surface area contributed by atoms with E-state index in [1.165, 1.54) is 11.8 Å². The van der Waals surface area contributed by atoms with Gasteiger partial charge in [-0.15, -0.1) is 0 Å². The lowest BCUT2D eigenvalue weighted by Crippen LogP contribution is -2.06. The van der Waals surface area contributed by atoms with Crippen LogP contribution in [0.15, 0.2) is 61.1 Å². The van der Waals surface area contributed by atoms with Crippen LogP contribution in [0, 0.1) is 5.82 Å². The zero-order chi connectivity index (χ0) is 23.1. The first-order valence-electron chi connectivity index (χ1n) is 11.2. The number of nitrogens with zero attached hydrogens (tertiary/aromatic N) is 3. The molecule has 0 spiro atoms. The van der Waals surface area contributed by atoms with Crippen molar-refractivity contribution in [3.63, 3.8) is 0 Å². The number of hydrogen-bond acceptors (Lipinski definition) is 5. The zero-order valence-corrected chi connectivity index (χ0v) is 18.5. The molecule has 170 valence electrons. The van der Waals surface area contributed by atoms with E-state index in [-0.39, 0.29) is 0 Å². The van der Waals surface area contributed by atoms with Crippen molar-refractivity contribution in [1.29, 1.82) is 0 Å². The molecule has 0 bridgehead atoms. The molecule has 0 unspecified atom stereocenters. The van der Waals surface area contributed by atoms with E-state index in [1.54, 1.807) is 6.20 Å². The maximum Gasteiger partial charge on any atom is 0.149 e. The summed E-state index contributed by atoms with van der Waals surface area (Å²) in [5.41, 5.74) is 5.84. The van der Waals surface area contributed by atoms with Gasteiger partial charge in [-0.05, 0) is 55.3 Å². The van der Waals surface area contributed by atoms with Gasteiger partial charge in [-0.3, -0.25) is 10.1 Å². The number of halogens is 1. The lowest BCUT2D eigenvalue weighted by Gasteiger charge is -2.17. The average Bonchev–Trinajstić information content (AvgIpc) is 3.51. The van der Waals surface area contributed by atoms with Crippen LogP contribution >= 0.6 is 0 Å². The van der Waals surface area contributed by atoms with Crippen LogP contribution in [-0.2, 0) is 4.74 Å². The minimum absolute atomic E-state index is 0.393. The first-order valence-corrected chi connectivity index (χ1v) is 11.2. The van der Waals surface area contributed by atoms with Gasteiger partial charge in [0.1, 0.15) is 29.0 Å². The van der Waals surface area contributed by atoms with Crippen LogP contribution in [0.4, 0.5) is 4.39 Å². The molecule has 8 heteroatoms. The second-order valence-corrected chi connectivity index (χ2v) is 8.29. The Morgan fingerprint density at radius 1 is 1.09 bits per heavy atom. The van der Waals surface area contributed by atoms with Crippen LogP contribution in [0.2, 0.25) is 0 Å². The molecule has 2 N–H and O–H groups in total. The number of aromatic nitrogens is 5. The molecule has 7 nitrogen and oxygen atoms in total. The average molecular weight is 455 g/mol. The van der Waals surface area contributed by atoms with Crippen LogP contribution in [0.3, 0.4) is 0 Å². The molecule has 0 saturated carbocycles. The summed E-state index contributed by atoms with van der Waals surface area (Å²) in [5, 5.41) is 9.20. The molecule has 34 heavy (non-hydrogen) atoms. The summed E-state index contributed by atoms with van der Waals surface area (Å²) in [6, 6.07) is 11.5. The molecule has 0 aliphatic carbocycles. The van der Waals surface area contributed by atoms with Crippen molar-refractivity contribution in [3.8, 4) is 17.0 Å². The number of rotatable bonds is 5. The maximum atomic E-state index is 14.6. The first-order chi connectivity index (χ1) is 16.7. The van der Waals surface area contributed by atoms with Gasteiger partial charge in [0.15, 0.2) is 0 Å². The van der Waals surface area contributed by atoms with Gasteiger partial charge in [0.05, 0.1) is 30.6 Å². The molecule has 6 rings (SSSR count). The maximum absolute atomic E-state index is 14.6. The van der Waals surface area contributed by atoms with Gasteiger partial charge in [-0.25, -0.2) is 9.37 Å².